The largest absolute Gasteiger partial charge is 0.496 e. The van der Waals surface area contributed by atoms with Crippen molar-refractivity contribution < 1.29 is 14.3 Å². The zero-order valence-electron chi connectivity index (χ0n) is 13.0. The van der Waals surface area contributed by atoms with Gasteiger partial charge in [-0.15, -0.1) is 11.8 Å². The lowest BCUT2D eigenvalue weighted by Gasteiger charge is -2.27. The lowest BCUT2D eigenvalue weighted by Crippen LogP contribution is -2.34. The highest BCUT2D eigenvalue weighted by Gasteiger charge is 2.36. The molecule has 0 aliphatic carbocycles. The molecule has 1 aromatic carbocycles. The molecule has 6 heteroatoms. The van der Waals surface area contributed by atoms with E-state index in [0.29, 0.717) is 12.3 Å². The highest BCUT2D eigenvalue weighted by Crippen LogP contribution is 2.46. The zero-order chi connectivity index (χ0) is 15.4. The maximum atomic E-state index is 12.2. The van der Waals surface area contributed by atoms with Crippen molar-refractivity contribution in [2.24, 2.45) is 0 Å². The molecule has 0 spiro atoms. The van der Waals surface area contributed by atoms with Crippen molar-refractivity contribution in [1.82, 2.24) is 9.80 Å². The third-order valence-electron chi connectivity index (χ3n) is 3.47. The Hall–Kier alpha value is -1.40. The quantitative estimate of drug-likeness (QED) is 0.802. The monoisotopic (exact) mass is 310 g/mol. The van der Waals surface area contributed by atoms with E-state index in [9.17, 15) is 4.79 Å². The summed E-state index contributed by atoms with van der Waals surface area (Å²) in [7, 11) is 7.30. The first-order valence-electron chi connectivity index (χ1n) is 6.85. The minimum Gasteiger partial charge on any atom is -0.496 e. The van der Waals surface area contributed by atoms with E-state index >= 15 is 0 Å². The third-order valence-corrected chi connectivity index (χ3v) is 4.69. The number of carbonyl (C=O) groups excluding carboxylic acids is 1. The minimum absolute atomic E-state index is 0.0523. The molecule has 1 saturated heterocycles. The fourth-order valence-corrected chi connectivity index (χ4v) is 3.63. The molecule has 1 heterocycles. The molecule has 116 valence electrons. The summed E-state index contributed by atoms with van der Waals surface area (Å²) in [6.45, 7) is 1.53. The van der Waals surface area contributed by atoms with Crippen LogP contribution >= 0.6 is 11.8 Å². The van der Waals surface area contributed by atoms with Gasteiger partial charge in [-0.2, -0.15) is 0 Å². The smallest absolute Gasteiger partial charge is 0.233 e. The second-order valence-electron chi connectivity index (χ2n) is 5.13. The van der Waals surface area contributed by atoms with Gasteiger partial charge < -0.3 is 19.3 Å². The highest BCUT2D eigenvalue weighted by molar-refractivity contribution is 8.00. The van der Waals surface area contributed by atoms with Crippen LogP contribution in [0.2, 0.25) is 0 Å². The standard InChI is InChI=1S/C15H22N2O3S/c1-16(2)8-9-17-13(18)10-21-15(17)14-11(19-3)6-5-7-12(14)20-4/h5-7,15H,8-10H2,1-4H3. The van der Waals surface area contributed by atoms with Crippen molar-refractivity contribution in [3.05, 3.63) is 23.8 Å². The molecule has 1 aliphatic rings. The molecule has 0 radical (unpaired) electrons. The number of amides is 1. The van der Waals surface area contributed by atoms with E-state index in [1.807, 2.05) is 37.2 Å². The summed E-state index contributed by atoms with van der Waals surface area (Å²) in [5.74, 6) is 2.19. The van der Waals surface area contributed by atoms with E-state index in [1.165, 1.54) is 0 Å². The Kier molecular flexibility index (Phi) is 5.36. The molecule has 0 N–H and O–H groups in total. The van der Waals surface area contributed by atoms with Crippen LogP contribution < -0.4 is 9.47 Å². The molecule has 1 atom stereocenters. The maximum Gasteiger partial charge on any atom is 0.233 e. The fraction of sp³-hybridized carbons (Fsp3) is 0.533. The van der Waals surface area contributed by atoms with E-state index in [0.717, 1.165) is 23.6 Å². The van der Waals surface area contributed by atoms with Crippen molar-refractivity contribution in [1.29, 1.82) is 0 Å². The summed E-state index contributed by atoms with van der Waals surface area (Å²) in [6.07, 6.45) is 0. The Morgan fingerprint density at radius 3 is 2.43 bits per heavy atom. The van der Waals surface area contributed by atoms with E-state index in [-0.39, 0.29) is 11.3 Å². The average Bonchev–Trinajstić information content (AvgIpc) is 2.84. The van der Waals surface area contributed by atoms with Crippen LogP contribution in [-0.2, 0) is 4.79 Å². The number of nitrogens with zero attached hydrogens (tertiary/aromatic N) is 2. The lowest BCUT2D eigenvalue weighted by molar-refractivity contribution is -0.128. The van der Waals surface area contributed by atoms with Gasteiger partial charge in [0.2, 0.25) is 5.91 Å². The molecule has 0 bridgehead atoms. The van der Waals surface area contributed by atoms with Gasteiger partial charge in [0, 0.05) is 13.1 Å². The normalized spacial score (nSPS) is 18.4. The number of ether oxygens (including phenoxy) is 2. The Morgan fingerprint density at radius 2 is 1.90 bits per heavy atom. The van der Waals surface area contributed by atoms with E-state index in [1.54, 1.807) is 26.0 Å². The second kappa shape index (κ2) is 7.04. The van der Waals surface area contributed by atoms with Crippen molar-refractivity contribution in [2.45, 2.75) is 5.37 Å². The summed E-state index contributed by atoms with van der Waals surface area (Å²) in [6, 6.07) is 5.71. The number of rotatable bonds is 6. The van der Waals surface area contributed by atoms with Crippen molar-refractivity contribution in [2.75, 3.05) is 47.2 Å². The van der Waals surface area contributed by atoms with Crippen LogP contribution in [0.5, 0.6) is 11.5 Å². The number of likely N-dealkylation sites (N-methyl/N-ethyl adjacent to an activating group) is 1. The minimum atomic E-state index is -0.0523. The average molecular weight is 310 g/mol. The molecule has 1 aliphatic heterocycles. The van der Waals surface area contributed by atoms with Gasteiger partial charge in [-0.3, -0.25) is 4.79 Å². The SMILES string of the molecule is COc1cccc(OC)c1C1SCC(=O)N1CCN(C)C. The number of thioether (sulfide) groups is 1. The van der Waals surface area contributed by atoms with E-state index in [2.05, 4.69) is 4.90 Å². The molecular formula is C15H22N2O3S. The van der Waals surface area contributed by atoms with Crippen LogP contribution in [0.1, 0.15) is 10.9 Å². The number of methoxy groups -OCH3 is 2. The maximum absolute atomic E-state index is 12.2. The highest BCUT2D eigenvalue weighted by atomic mass is 32.2. The van der Waals surface area contributed by atoms with E-state index < -0.39 is 0 Å². The van der Waals surface area contributed by atoms with Gasteiger partial charge >= 0.3 is 0 Å². The Bertz CT molecular complexity index is 485. The molecule has 1 amide bonds. The molecule has 0 saturated carbocycles. The molecule has 1 aromatic rings. The summed E-state index contributed by atoms with van der Waals surface area (Å²) >= 11 is 1.62. The number of hydrogen-bond donors (Lipinski definition) is 0. The van der Waals surface area contributed by atoms with Gasteiger partial charge in [0.15, 0.2) is 0 Å². The predicted octanol–water partition coefficient (Wildman–Crippen LogP) is 1.84. The van der Waals surface area contributed by atoms with Crippen molar-refractivity contribution in [3.8, 4) is 11.5 Å². The lowest BCUT2D eigenvalue weighted by atomic mass is 10.1. The van der Waals surface area contributed by atoms with Gasteiger partial charge in [0.05, 0.1) is 25.5 Å². The van der Waals surface area contributed by atoms with Gasteiger partial charge in [-0.25, -0.2) is 0 Å². The van der Waals surface area contributed by atoms with Crippen LogP contribution in [-0.4, -0.2) is 62.9 Å². The first kappa shape index (κ1) is 16.0. The third kappa shape index (κ3) is 3.44. The Labute approximate surface area is 130 Å². The van der Waals surface area contributed by atoms with Gasteiger partial charge in [-0.1, -0.05) is 6.07 Å². The van der Waals surface area contributed by atoms with Gasteiger partial charge in [0.1, 0.15) is 16.9 Å². The molecule has 1 unspecified atom stereocenters. The number of hydrogen-bond acceptors (Lipinski definition) is 5. The second-order valence-corrected chi connectivity index (χ2v) is 6.20. The first-order valence-corrected chi connectivity index (χ1v) is 7.90. The van der Waals surface area contributed by atoms with Gasteiger partial charge in [0.25, 0.3) is 0 Å². The zero-order valence-corrected chi connectivity index (χ0v) is 13.8. The molecule has 21 heavy (non-hydrogen) atoms. The number of benzene rings is 1. The van der Waals surface area contributed by atoms with Crippen molar-refractivity contribution in [3.63, 3.8) is 0 Å². The Morgan fingerprint density at radius 1 is 1.29 bits per heavy atom. The molecule has 5 nitrogen and oxygen atoms in total. The Balaban J connectivity index is 2.33. The molecule has 0 aromatic heterocycles. The van der Waals surface area contributed by atoms with Crippen LogP contribution in [0.3, 0.4) is 0 Å². The van der Waals surface area contributed by atoms with Crippen LogP contribution in [0.4, 0.5) is 0 Å². The fourth-order valence-electron chi connectivity index (χ4n) is 2.37. The molecule has 2 rings (SSSR count). The van der Waals surface area contributed by atoms with Crippen LogP contribution in [0.15, 0.2) is 18.2 Å². The summed E-state index contributed by atoms with van der Waals surface area (Å²) in [4.78, 5) is 16.2. The predicted molar refractivity (Wildman–Crippen MR) is 85.0 cm³/mol. The summed E-state index contributed by atoms with van der Waals surface area (Å²) in [5.41, 5.74) is 0.942. The summed E-state index contributed by atoms with van der Waals surface area (Å²) in [5, 5.41) is -0.0523. The molecule has 1 fully saturated rings. The summed E-state index contributed by atoms with van der Waals surface area (Å²) < 4.78 is 10.9. The molecular weight excluding hydrogens is 288 g/mol. The first-order chi connectivity index (χ1) is 10.1. The van der Waals surface area contributed by atoms with Crippen molar-refractivity contribution >= 4 is 17.7 Å². The number of carbonyl (C=O) groups is 1. The van der Waals surface area contributed by atoms with Gasteiger partial charge in [-0.05, 0) is 26.2 Å². The topological polar surface area (TPSA) is 42.0 Å². The van der Waals surface area contributed by atoms with E-state index in [4.69, 9.17) is 9.47 Å². The van der Waals surface area contributed by atoms with Crippen LogP contribution in [0.25, 0.3) is 0 Å². The van der Waals surface area contributed by atoms with Crippen LogP contribution in [0, 0.1) is 0 Å².